The number of carbonyl (C=O) groups excluding carboxylic acids is 3. The first-order valence-electron chi connectivity index (χ1n) is 8.48. The Morgan fingerprint density at radius 3 is 2.67 bits per heavy atom. The van der Waals surface area contributed by atoms with Crippen LogP contribution < -0.4 is 5.32 Å². The van der Waals surface area contributed by atoms with Crippen LogP contribution in [0.3, 0.4) is 0 Å². The van der Waals surface area contributed by atoms with Gasteiger partial charge in [-0.1, -0.05) is 34.8 Å². The van der Waals surface area contributed by atoms with E-state index in [4.69, 9.17) is 4.74 Å². The van der Waals surface area contributed by atoms with Gasteiger partial charge >= 0.3 is 5.97 Å². The molecular formula is C18H18N4O4S. The van der Waals surface area contributed by atoms with E-state index in [9.17, 15) is 14.4 Å². The predicted molar refractivity (Wildman–Crippen MR) is 95.4 cm³/mol. The topological polar surface area (TPSA) is 101 Å². The van der Waals surface area contributed by atoms with Crippen LogP contribution in [0.25, 0.3) is 0 Å². The Labute approximate surface area is 159 Å². The largest absolute Gasteiger partial charge is 0.468 e. The van der Waals surface area contributed by atoms with Crippen molar-refractivity contribution >= 4 is 29.3 Å². The quantitative estimate of drug-likeness (QED) is 0.605. The van der Waals surface area contributed by atoms with E-state index in [-0.39, 0.29) is 18.2 Å². The van der Waals surface area contributed by atoms with Crippen molar-refractivity contribution in [3.8, 4) is 0 Å². The van der Waals surface area contributed by atoms with Crippen molar-refractivity contribution < 1.29 is 19.1 Å². The number of rotatable bonds is 4. The first-order chi connectivity index (χ1) is 13.0. The molecule has 1 aromatic carbocycles. The minimum Gasteiger partial charge on any atom is -0.468 e. The molecule has 4 atom stereocenters. The molecule has 2 aliphatic rings. The van der Waals surface area contributed by atoms with E-state index in [0.717, 1.165) is 22.0 Å². The van der Waals surface area contributed by atoms with E-state index < -0.39 is 29.4 Å². The summed E-state index contributed by atoms with van der Waals surface area (Å²) in [7, 11) is 2.73. The molecule has 1 N–H and O–H groups in total. The molecule has 0 aliphatic carbocycles. The van der Waals surface area contributed by atoms with Crippen LogP contribution in [0.15, 0.2) is 35.7 Å². The smallest absolute Gasteiger partial charge is 0.327 e. The van der Waals surface area contributed by atoms with Gasteiger partial charge in [0.1, 0.15) is 5.54 Å². The number of imide groups is 1. The molecule has 0 bridgehead atoms. The summed E-state index contributed by atoms with van der Waals surface area (Å²) in [6.07, 6.45) is 0.225. The Bertz CT molecular complexity index is 888. The van der Waals surface area contributed by atoms with Crippen LogP contribution in [0, 0.1) is 11.8 Å². The lowest BCUT2D eigenvalue weighted by molar-refractivity contribution is -0.153. The molecule has 3 heterocycles. The molecule has 4 rings (SSSR count). The Hall–Kier alpha value is -2.65. The average molecular weight is 386 g/mol. The molecule has 1 aromatic heterocycles. The van der Waals surface area contributed by atoms with Gasteiger partial charge in [0.2, 0.25) is 11.8 Å². The number of amides is 2. The summed E-state index contributed by atoms with van der Waals surface area (Å²) < 4.78 is 8.95. The standard InChI is InChI=1S/C18H18N4O4S/c1-22-15(23)12-13(16(22)24)18(17(25)26-2,8-10-6-4-3-5-7-10)19-14(12)11-9-27-21-20-11/h3-7,9,12-14,19H,8H2,1-2H3/t12-,13-,14-,18-/m1/s1. The third-order valence-electron chi connectivity index (χ3n) is 5.45. The number of ether oxygens (including phenoxy) is 1. The van der Waals surface area contributed by atoms with Gasteiger partial charge in [-0.2, -0.15) is 0 Å². The van der Waals surface area contributed by atoms with Crippen LogP contribution in [0.4, 0.5) is 0 Å². The van der Waals surface area contributed by atoms with Gasteiger partial charge in [0.25, 0.3) is 0 Å². The van der Waals surface area contributed by atoms with Gasteiger partial charge in [-0.25, -0.2) is 0 Å². The van der Waals surface area contributed by atoms with Crippen molar-refractivity contribution in [1.29, 1.82) is 0 Å². The Morgan fingerprint density at radius 2 is 2.04 bits per heavy atom. The molecule has 2 fully saturated rings. The Balaban J connectivity index is 1.85. The lowest BCUT2D eigenvalue weighted by Crippen LogP contribution is -2.57. The Morgan fingerprint density at radius 1 is 1.30 bits per heavy atom. The zero-order valence-electron chi connectivity index (χ0n) is 14.8. The van der Waals surface area contributed by atoms with Crippen molar-refractivity contribution in [2.24, 2.45) is 11.8 Å². The molecule has 0 spiro atoms. The fourth-order valence-corrected chi connectivity index (χ4v) is 4.72. The summed E-state index contributed by atoms with van der Waals surface area (Å²) in [4.78, 5) is 39.8. The highest BCUT2D eigenvalue weighted by Gasteiger charge is 2.68. The highest BCUT2D eigenvalue weighted by Crippen LogP contribution is 2.49. The number of carbonyl (C=O) groups is 3. The van der Waals surface area contributed by atoms with E-state index in [1.165, 1.54) is 14.2 Å². The van der Waals surface area contributed by atoms with Crippen molar-refractivity contribution in [1.82, 2.24) is 19.8 Å². The molecule has 0 radical (unpaired) electrons. The first-order valence-corrected chi connectivity index (χ1v) is 9.31. The first kappa shape index (κ1) is 17.7. The number of fused-ring (bicyclic) bond motifs is 1. The number of aromatic nitrogens is 2. The second-order valence-electron chi connectivity index (χ2n) is 6.82. The number of esters is 1. The van der Waals surface area contributed by atoms with E-state index in [1.54, 1.807) is 5.38 Å². The maximum Gasteiger partial charge on any atom is 0.327 e. The van der Waals surface area contributed by atoms with Crippen molar-refractivity contribution in [3.05, 3.63) is 47.0 Å². The van der Waals surface area contributed by atoms with E-state index in [2.05, 4.69) is 14.9 Å². The lowest BCUT2D eigenvalue weighted by Gasteiger charge is -2.32. The highest BCUT2D eigenvalue weighted by atomic mass is 32.1. The summed E-state index contributed by atoms with van der Waals surface area (Å²) >= 11 is 1.15. The molecule has 2 aliphatic heterocycles. The normalized spacial score (nSPS) is 29.9. The molecule has 2 aromatic rings. The molecular weight excluding hydrogens is 368 g/mol. The van der Waals surface area contributed by atoms with Crippen molar-refractivity contribution in [2.45, 2.75) is 18.0 Å². The number of hydrogen-bond donors (Lipinski definition) is 1. The monoisotopic (exact) mass is 386 g/mol. The minimum absolute atomic E-state index is 0.225. The maximum absolute atomic E-state index is 13.0. The van der Waals surface area contributed by atoms with Crippen LogP contribution >= 0.6 is 11.5 Å². The number of hydrogen-bond acceptors (Lipinski definition) is 8. The summed E-state index contributed by atoms with van der Waals surface area (Å²) in [5, 5.41) is 9.05. The molecule has 2 saturated heterocycles. The highest BCUT2D eigenvalue weighted by molar-refractivity contribution is 7.03. The third-order valence-corrected chi connectivity index (χ3v) is 5.97. The van der Waals surface area contributed by atoms with Gasteiger partial charge in [-0.15, -0.1) is 5.10 Å². The SMILES string of the molecule is COC(=O)[C@]1(Cc2ccccc2)N[C@H](c2csnn2)[C@@H]2C(=O)N(C)C(=O)[C@@H]21. The van der Waals surface area contributed by atoms with Crippen LogP contribution in [-0.4, -0.2) is 52.0 Å². The summed E-state index contributed by atoms with van der Waals surface area (Å²) in [5.41, 5.74) is 0.0540. The zero-order valence-corrected chi connectivity index (χ0v) is 15.6. The molecule has 8 nitrogen and oxygen atoms in total. The number of benzene rings is 1. The fourth-order valence-electron chi connectivity index (χ4n) is 4.23. The number of likely N-dealkylation sites (tertiary alicyclic amines) is 1. The van der Waals surface area contributed by atoms with Crippen LogP contribution in [0.5, 0.6) is 0 Å². The fraction of sp³-hybridized carbons (Fsp3) is 0.389. The van der Waals surface area contributed by atoms with E-state index >= 15 is 0 Å². The average Bonchev–Trinajstić information content (AvgIpc) is 3.37. The molecule has 140 valence electrons. The van der Waals surface area contributed by atoms with E-state index in [0.29, 0.717) is 5.69 Å². The maximum atomic E-state index is 13.0. The summed E-state index contributed by atoms with van der Waals surface area (Å²) in [5.74, 6) is -2.87. The molecule has 27 heavy (non-hydrogen) atoms. The number of nitrogens with one attached hydrogen (secondary N) is 1. The van der Waals surface area contributed by atoms with Gasteiger partial charge in [0, 0.05) is 18.8 Å². The second kappa shape index (κ2) is 6.50. The predicted octanol–water partition coefficient (Wildman–Crippen LogP) is 0.568. The van der Waals surface area contributed by atoms with E-state index in [1.807, 2.05) is 30.3 Å². The third kappa shape index (κ3) is 2.57. The molecule has 0 saturated carbocycles. The molecule has 2 amide bonds. The Kier molecular flexibility index (Phi) is 4.27. The minimum atomic E-state index is -1.35. The number of nitrogens with zero attached hydrogens (tertiary/aromatic N) is 3. The van der Waals surface area contributed by atoms with Gasteiger partial charge in [0.05, 0.1) is 30.7 Å². The van der Waals surface area contributed by atoms with Gasteiger partial charge < -0.3 is 4.74 Å². The van der Waals surface area contributed by atoms with Crippen LogP contribution in [0.1, 0.15) is 17.3 Å². The van der Waals surface area contributed by atoms with Gasteiger partial charge in [-0.05, 0) is 17.1 Å². The lowest BCUT2D eigenvalue weighted by atomic mass is 9.76. The van der Waals surface area contributed by atoms with Crippen molar-refractivity contribution in [3.63, 3.8) is 0 Å². The summed E-state index contributed by atoms with van der Waals surface area (Å²) in [6.45, 7) is 0. The summed E-state index contributed by atoms with van der Waals surface area (Å²) in [6, 6.07) is 8.78. The number of methoxy groups -OCH3 is 1. The second-order valence-corrected chi connectivity index (χ2v) is 7.43. The van der Waals surface area contributed by atoms with Gasteiger partial charge in [0.15, 0.2) is 0 Å². The molecule has 9 heteroatoms. The van der Waals surface area contributed by atoms with Crippen LogP contribution in [0.2, 0.25) is 0 Å². The van der Waals surface area contributed by atoms with Crippen molar-refractivity contribution in [2.75, 3.05) is 14.2 Å². The zero-order chi connectivity index (χ0) is 19.2. The van der Waals surface area contributed by atoms with Gasteiger partial charge in [-0.3, -0.25) is 24.6 Å². The van der Waals surface area contributed by atoms with Crippen LogP contribution in [-0.2, 0) is 25.5 Å². The molecule has 0 unspecified atom stereocenters.